The zero-order valence-electron chi connectivity index (χ0n) is 11.1. The van der Waals surface area contributed by atoms with E-state index in [1.54, 1.807) is 6.92 Å². The summed E-state index contributed by atoms with van der Waals surface area (Å²) in [4.78, 5) is 14.0. The molecule has 1 saturated carbocycles. The first-order chi connectivity index (χ1) is 9.19. The van der Waals surface area contributed by atoms with Gasteiger partial charge in [-0.25, -0.2) is 0 Å². The van der Waals surface area contributed by atoms with Gasteiger partial charge in [-0.05, 0) is 19.3 Å². The van der Waals surface area contributed by atoms with Gasteiger partial charge in [-0.2, -0.15) is 0 Å². The van der Waals surface area contributed by atoms with Crippen LogP contribution >= 0.6 is 0 Å². The fourth-order valence-electron chi connectivity index (χ4n) is 2.11. The van der Waals surface area contributed by atoms with Crippen LogP contribution in [0.2, 0.25) is 0 Å². The Labute approximate surface area is 112 Å². The lowest BCUT2D eigenvalue weighted by molar-refractivity contribution is -0.118. The van der Waals surface area contributed by atoms with Gasteiger partial charge in [0.15, 0.2) is 0 Å². The molecule has 0 unspecified atom stereocenters. The standard InChI is InChI=1S/C12H20N4O3/c1-9-14-15-12(19-9)13-11(18)8-16(6-3-7-17)10-4-2-5-10/h10,17H,2-8H2,1H3,(H,13,15,18). The maximum atomic E-state index is 11.9. The highest BCUT2D eigenvalue weighted by atomic mass is 16.4. The van der Waals surface area contributed by atoms with Gasteiger partial charge in [0.1, 0.15) is 0 Å². The Morgan fingerprint density at radius 2 is 2.32 bits per heavy atom. The zero-order valence-corrected chi connectivity index (χ0v) is 11.1. The second-order valence-corrected chi connectivity index (χ2v) is 4.81. The van der Waals surface area contributed by atoms with E-state index in [4.69, 9.17) is 9.52 Å². The summed E-state index contributed by atoms with van der Waals surface area (Å²) in [5, 5.41) is 18.9. The van der Waals surface area contributed by atoms with Crippen LogP contribution in [0.4, 0.5) is 6.01 Å². The van der Waals surface area contributed by atoms with Crippen LogP contribution in [0.3, 0.4) is 0 Å². The van der Waals surface area contributed by atoms with Crippen LogP contribution in [0.5, 0.6) is 0 Å². The number of aryl methyl sites for hydroxylation is 1. The highest BCUT2D eigenvalue weighted by molar-refractivity contribution is 5.90. The molecule has 1 aliphatic carbocycles. The molecular weight excluding hydrogens is 248 g/mol. The minimum atomic E-state index is -0.159. The van der Waals surface area contributed by atoms with E-state index in [-0.39, 0.29) is 18.5 Å². The molecule has 0 saturated heterocycles. The molecule has 0 radical (unpaired) electrons. The Morgan fingerprint density at radius 1 is 1.53 bits per heavy atom. The van der Waals surface area contributed by atoms with Crippen molar-refractivity contribution in [1.29, 1.82) is 0 Å². The molecule has 1 fully saturated rings. The van der Waals surface area contributed by atoms with Crippen molar-refractivity contribution in [3.8, 4) is 0 Å². The van der Waals surface area contributed by atoms with E-state index in [2.05, 4.69) is 20.4 Å². The van der Waals surface area contributed by atoms with Gasteiger partial charge in [-0.3, -0.25) is 15.0 Å². The van der Waals surface area contributed by atoms with Crippen LogP contribution in [0.15, 0.2) is 4.42 Å². The number of aromatic nitrogens is 2. The maximum absolute atomic E-state index is 11.9. The molecule has 1 amide bonds. The molecule has 19 heavy (non-hydrogen) atoms. The molecule has 1 aromatic rings. The average Bonchev–Trinajstić information content (AvgIpc) is 2.69. The van der Waals surface area contributed by atoms with Gasteiger partial charge < -0.3 is 9.52 Å². The molecule has 1 aromatic heterocycles. The first-order valence-electron chi connectivity index (χ1n) is 6.64. The molecule has 0 aliphatic heterocycles. The number of carbonyl (C=O) groups is 1. The summed E-state index contributed by atoms with van der Waals surface area (Å²) >= 11 is 0. The molecule has 1 aliphatic rings. The van der Waals surface area contributed by atoms with Crippen molar-refractivity contribution in [3.05, 3.63) is 5.89 Å². The lowest BCUT2D eigenvalue weighted by atomic mass is 9.91. The smallest absolute Gasteiger partial charge is 0.322 e. The van der Waals surface area contributed by atoms with Gasteiger partial charge in [0.2, 0.25) is 11.8 Å². The van der Waals surface area contributed by atoms with E-state index < -0.39 is 0 Å². The van der Waals surface area contributed by atoms with E-state index in [9.17, 15) is 4.79 Å². The number of anilines is 1. The Morgan fingerprint density at radius 3 is 2.84 bits per heavy atom. The van der Waals surface area contributed by atoms with Crippen LogP contribution in [0.1, 0.15) is 31.6 Å². The number of rotatable bonds is 7. The van der Waals surface area contributed by atoms with Crippen molar-refractivity contribution >= 4 is 11.9 Å². The summed E-state index contributed by atoms with van der Waals surface area (Å²) in [6.07, 6.45) is 4.14. The highest BCUT2D eigenvalue weighted by Gasteiger charge is 2.26. The minimum absolute atomic E-state index is 0.137. The highest BCUT2D eigenvalue weighted by Crippen LogP contribution is 2.24. The Hall–Kier alpha value is -1.47. The summed E-state index contributed by atoms with van der Waals surface area (Å²) in [5.74, 6) is 0.264. The molecule has 0 atom stereocenters. The van der Waals surface area contributed by atoms with Crippen LogP contribution in [0.25, 0.3) is 0 Å². The summed E-state index contributed by atoms with van der Waals surface area (Å²) in [5.41, 5.74) is 0. The van der Waals surface area contributed by atoms with E-state index >= 15 is 0 Å². The van der Waals surface area contributed by atoms with Gasteiger partial charge in [0.05, 0.1) is 6.54 Å². The SMILES string of the molecule is Cc1nnc(NC(=O)CN(CCCO)C2CCC2)o1. The van der Waals surface area contributed by atoms with Crippen molar-refractivity contribution in [2.24, 2.45) is 0 Å². The van der Waals surface area contributed by atoms with Crippen molar-refractivity contribution in [2.75, 3.05) is 25.0 Å². The Kier molecular flexibility index (Phi) is 4.86. The third-order valence-corrected chi connectivity index (χ3v) is 3.31. The van der Waals surface area contributed by atoms with Crippen LogP contribution in [0, 0.1) is 6.92 Å². The van der Waals surface area contributed by atoms with E-state index in [1.165, 1.54) is 6.42 Å². The predicted molar refractivity (Wildman–Crippen MR) is 68.6 cm³/mol. The molecule has 0 bridgehead atoms. The van der Waals surface area contributed by atoms with Crippen molar-refractivity contribution in [1.82, 2.24) is 15.1 Å². The predicted octanol–water partition coefficient (Wildman–Crippen LogP) is 0.553. The second-order valence-electron chi connectivity index (χ2n) is 4.81. The quantitative estimate of drug-likeness (QED) is 0.750. The van der Waals surface area contributed by atoms with Gasteiger partial charge in [0.25, 0.3) is 0 Å². The fraction of sp³-hybridized carbons (Fsp3) is 0.750. The summed E-state index contributed by atoms with van der Waals surface area (Å²) in [6.45, 7) is 2.85. The average molecular weight is 268 g/mol. The van der Waals surface area contributed by atoms with E-state index in [1.807, 2.05) is 0 Å². The normalized spacial score (nSPS) is 15.5. The molecule has 0 spiro atoms. The molecule has 7 heteroatoms. The second kappa shape index (κ2) is 6.63. The van der Waals surface area contributed by atoms with Crippen LogP contribution < -0.4 is 5.32 Å². The minimum Gasteiger partial charge on any atom is -0.408 e. The molecule has 106 valence electrons. The van der Waals surface area contributed by atoms with Crippen molar-refractivity contribution in [2.45, 2.75) is 38.6 Å². The van der Waals surface area contributed by atoms with Crippen LogP contribution in [-0.2, 0) is 4.79 Å². The van der Waals surface area contributed by atoms with E-state index in [0.29, 0.717) is 24.9 Å². The first-order valence-corrected chi connectivity index (χ1v) is 6.64. The van der Waals surface area contributed by atoms with Crippen LogP contribution in [-0.4, -0.2) is 51.8 Å². The lowest BCUT2D eigenvalue weighted by Gasteiger charge is -2.36. The maximum Gasteiger partial charge on any atom is 0.322 e. The molecule has 2 N–H and O–H groups in total. The summed E-state index contributed by atoms with van der Waals surface area (Å²) in [6, 6.07) is 0.597. The van der Waals surface area contributed by atoms with Gasteiger partial charge >= 0.3 is 6.01 Å². The number of hydrogen-bond donors (Lipinski definition) is 2. The number of aliphatic hydroxyl groups is 1. The van der Waals surface area contributed by atoms with Crippen molar-refractivity contribution in [3.63, 3.8) is 0 Å². The number of aliphatic hydroxyl groups excluding tert-OH is 1. The number of hydrogen-bond acceptors (Lipinski definition) is 6. The zero-order chi connectivity index (χ0) is 13.7. The largest absolute Gasteiger partial charge is 0.408 e. The first kappa shape index (κ1) is 14.0. The molecule has 2 rings (SSSR count). The third-order valence-electron chi connectivity index (χ3n) is 3.31. The molecule has 1 heterocycles. The number of carbonyl (C=O) groups excluding carboxylic acids is 1. The monoisotopic (exact) mass is 268 g/mol. The topological polar surface area (TPSA) is 91.5 Å². The van der Waals surface area contributed by atoms with Gasteiger partial charge in [-0.1, -0.05) is 11.5 Å². The number of amides is 1. The summed E-state index contributed by atoms with van der Waals surface area (Å²) in [7, 11) is 0. The molecule has 7 nitrogen and oxygen atoms in total. The van der Waals surface area contributed by atoms with Gasteiger partial charge in [-0.15, -0.1) is 5.10 Å². The Bertz CT molecular complexity index is 417. The lowest BCUT2D eigenvalue weighted by Crippen LogP contribution is -2.45. The third kappa shape index (κ3) is 4.00. The number of nitrogens with zero attached hydrogens (tertiary/aromatic N) is 3. The Balaban J connectivity index is 1.83. The van der Waals surface area contributed by atoms with Gasteiger partial charge in [0, 0.05) is 26.1 Å². The number of nitrogens with one attached hydrogen (secondary N) is 1. The van der Waals surface area contributed by atoms with Crippen molar-refractivity contribution < 1.29 is 14.3 Å². The fourth-order valence-corrected chi connectivity index (χ4v) is 2.11. The summed E-state index contributed by atoms with van der Waals surface area (Å²) < 4.78 is 5.10. The van der Waals surface area contributed by atoms with E-state index in [0.717, 1.165) is 19.4 Å². The molecule has 0 aromatic carbocycles. The molecular formula is C12H20N4O3.